The summed E-state index contributed by atoms with van der Waals surface area (Å²) < 4.78 is 0. The quantitative estimate of drug-likeness (QED) is 0.467. The third kappa shape index (κ3) is 5.05. The van der Waals surface area contributed by atoms with Crippen LogP contribution >= 0.6 is 12.2 Å². The zero-order valence-corrected chi connectivity index (χ0v) is 8.83. The molecule has 0 spiro atoms. The standard InChI is InChI=1S/C9H19N3S/c10-9(13)12-11-8-6-4-2-1-3-5-7-8/h8,11H,1-7H2,(H3,10,12,13). The molecule has 0 aromatic rings. The lowest BCUT2D eigenvalue weighted by molar-refractivity contribution is 0.378. The number of hydrazine groups is 1. The van der Waals surface area contributed by atoms with Gasteiger partial charge in [-0.05, 0) is 25.1 Å². The van der Waals surface area contributed by atoms with Crippen molar-refractivity contribution in [3.05, 3.63) is 0 Å². The third-order valence-corrected chi connectivity index (χ3v) is 2.61. The van der Waals surface area contributed by atoms with Crippen molar-refractivity contribution in [2.45, 2.75) is 51.0 Å². The van der Waals surface area contributed by atoms with Gasteiger partial charge in [0, 0.05) is 6.04 Å². The first-order chi connectivity index (χ1) is 6.29. The van der Waals surface area contributed by atoms with Crippen LogP contribution in [0.15, 0.2) is 0 Å². The van der Waals surface area contributed by atoms with Gasteiger partial charge in [0.2, 0.25) is 0 Å². The minimum atomic E-state index is 0.335. The van der Waals surface area contributed by atoms with Gasteiger partial charge in [0.25, 0.3) is 0 Å². The molecule has 0 unspecified atom stereocenters. The van der Waals surface area contributed by atoms with Crippen LogP contribution in [0.2, 0.25) is 0 Å². The Balaban J connectivity index is 2.17. The highest BCUT2D eigenvalue weighted by molar-refractivity contribution is 7.80. The molecule has 0 saturated heterocycles. The van der Waals surface area contributed by atoms with Crippen molar-refractivity contribution in [2.75, 3.05) is 0 Å². The minimum Gasteiger partial charge on any atom is -0.375 e. The average Bonchev–Trinajstić information content (AvgIpc) is 2.01. The summed E-state index contributed by atoms with van der Waals surface area (Å²) in [4.78, 5) is 0. The number of hydrogen-bond donors (Lipinski definition) is 3. The summed E-state index contributed by atoms with van der Waals surface area (Å²) in [5, 5.41) is 0.335. The molecule has 1 aliphatic carbocycles. The van der Waals surface area contributed by atoms with Crippen LogP contribution in [0.4, 0.5) is 0 Å². The first-order valence-corrected chi connectivity index (χ1v) is 5.51. The van der Waals surface area contributed by atoms with E-state index in [1.54, 1.807) is 0 Å². The van der Waals surface area contributed by atoms with Crippen LogP contribution in [0, 0.1) is 0 Å². The van der Waals surface area contributed by atoms with Gasteiger partial charge in [-0.3, -0.25) is 5.43 Å². The van der Waals surface area contributed by atoms with Gasteiger partial charge in [0.1, 0.15) is 0 Å². The van der Waals surface area contributed by atoms with Crippen molar-refractivity contribution >= 4 is 17.3 Å². The van der Waals surface area contributed by atoms with Crippen LogP contribution in [-0.2, 0) is 0 Å². The lowest BCUT2D eigenvalue weighted by Crippen LogP contribution is -2.46. The molecule has 0 atom stereocenters. The molecule has 3 nitrogen and oxygen atoms in total. The first-order valence-electron chi connectivity index (χ1n) is 5.10. The molecule has 76 valence electrons. The predicted molar refractivity (Wildman–Crippen MR) is 59.2 cm³/mol. The summed E-state index contributed by atoms with van der Waals surface area (Å²) in [6, 6.07) is 0.543. The Morgan fingerprint density at radius 1 is 1.08 bits per heavy atom. The van der Waals surface area contributed by atoms with Crippen molar-refractivity contribution in [3.63, 3.8) is 0 Å². The summed E-state index contributed by atoms with van der Waals surface area (Å²) in [5.74, 6) is 0. The van der Waals surface area contributed by atoms with Gasteiger partial charge in [-0.1, -0.05) is 32.1 Å². The molecule has 0 heterocycles. The second-order valence-electron chi connectivity index (χ2n) is 3.68. The molecule has 1 saturated carbocycles. The number of nitrogens with two attached hydrogens (primary N) is 1. The van der Waals surface area contributed by atoms with Gasteiger partial charge in [-0.25, -0.2) is 5.43 Å². The van der Waals surface area contributed by atoms with Crippen LogP contribution in [-0.4, -0.2) is 11.2 Å². The molecule has 0 aromatic heterocycles. The smallest absolute Gasteiger partial charge is 0.178 e. The SMILES string of the molecule is NC(=S)NNC1CCCCCCC1. The van der Waals surface area contributed by atoms with Crippen LogP contribution in [0.25, 0.3) is 0 Å². The largest absolute Gasteiger partial charge is 0.375 e. The maximum Gasteiger partial charge on any atom is 0.178 e. The van der Waals surface area contributed by atoms with E-state index in [1.165, 1.54) is 44.9 Å². The van der Waals surface area contributed by atoms with E-state index in [0.29, 0.717) is 11.2 Å². The lowest BCUT2D eigenvalue weighted by atomic mass is 9.97. The normalized spacial score (nSPS) is 20.3. The summed E-state index contributed by atoms with van der Waals surface area (Å²) in [5.41, 5.74) is 11.3. The number of rotatable bonds is 2. The molecule has 1 fully saturated rings. The van der Waals surface area contributed by atoms with E-state index < -0.39 is 0 Å². The maximum atomic E-state index is 5.34. The monoisotopic (exact) mass is 201 g/mol. The van der Waals surface area contributed by atoms with Gasteiger partial charge in [0.05, 0.1) is 0 Å². The van der Waals surface area contributed by atoms with Crippen molar-refractivity contribution in [1.82, 2.24) is 10.9 Å². The van der Waals surface area contributed by atoms with Gasteiger partial charge >= 0.3 is 0 Å². The molecule has 0 bridgehead atoms. The van der Waals surface area contributed by atoms with Crippen LogP contribution in [0.1, 0.15) is 44.9 Å². The number of thiocarbonyl (C=S) groups is 1. The van der Waals surface area contributed by atoms with Crippen LogP contribution < -0.4 is 16.6 Å². The molecule has 4 N–H and O–H groups in total. The van der Waals surface area contributed by atoms with Gasteiger partial charge in [-0.2, -0.15) is 0 Å². The van der Waals surface area contributed by atoms with Gasteiger partial charge < -0.3 is 5.73 Å². The van der Waals surface area contributed by atoms with Gasteiger partial charge in [-0.15, -0.1) is 0 Å². The van der Waals surface area contributed by atoms with Crippen LogP contribution in [0.3, 0.4) is 0 Å². The van der Waals surface area contributed by atoms with E-state index >= 15 is 0 Å². The number of nitrogens with one attached hydrogen (secondary N) is 2. The fourth-order valence-electron chi connectivity index (χ4n) is 1.77. The lowest BCUT2D eigenvalue weighted by Gasteiger charge is -2.21. The molecule has 1 rings (SSSR count). The molecule has 0 aromatic carbocycles. The molecule has 1 aliphatic rings. The Morgan fingerprint density at radius 2 is 1.62 bits per heavy atom. The van der Waals surface area contributed by atoms with Crippen molar-refractivity contribution in [2.24, 2.45) is 5.73 Å². The average molecular weight is 201 g/mol. The Labute approximate surface area is 85.4 Å². The Kier molecular flexibility index (Phi) is 5.08. The van der Waals surface area contributed by atoms with Crippen molar-refractivity contribution in [1.29, 1.82) is 0 Å². The van der Waals surface area contributed by atoms with E-state index in [0.717, 1.165) is 0 Å². The first kappa shape index (κ1) is 10.7. The second kappa shape index (κ2) is 6.16. The Hall–Kier alpha value is -0.350. The fourth-order valence-corrected chi connectivity index (χ4v) is 1.83. The third-order valence-electron chi connectivity index (χ3n) is 2.50. The summed E-state index contributed by atoms with van der Waals surface area (Å²) >= 11 is 4.73. The Morgan fingerprint density at radius 3 is 2.15 bits per heavy atom. The van der Waals surface area contributed by atoms with E-state index in [2.05, 4.69) is 10.9 Å². The highest BCUT2D eigenvalue weighted by Crippen LogP contribution is 2.16. The summed E-state index contributed by atoms with van der Waals surface area (Å²) in [6.07, 6.45) is 9.23. The Bertz CT molecular complexity index is 153. The van der Waals surface area contributed by atoms with E-state index in [-0.39, 0.29) is 0 Å². The second-order valence-corrected chi connectivity index (χ2v) is 4.12. The fraction of sp³-hybridized carbons (Fsp3) is 0.889. The summed E-state index contributed by atoms with van der Waals surface area (Å²) in [6.45, 7) is 0. The number of hydrogen-bond acceptors (Lipinski definition) is 2. The molecule has 0 aliphatic heterocycles. The summed E-state index contributed by atoms with van der Waals surface area (Å²) in [7, 11) is 0. The molecule has 4 heteroatoms. The molecule has 13 heavy (non-hydrogen) atoms. The topological polar surface area (TPSA) is 50.1 Å². The molecule has 0 amide bonds. The zero-order chi connectivity index (χ0) is 9.52. The maximum absolute atomic E-state index is 5.34. The molecular formula is C9H19N3S. The van der Waals surface area contributed by atoms with E-state index in [1.807, 2.05) is 0 Å². The highest BCUT2D eigenvalue weighted by Gasteiger charge is 2.09. The van der Waals surface area contributed by atoms with Gasteiger partial charge in [0.15, 0.2) is 5.11 Å². The van der Waals surface area contributed by atoms with Crippen molar-refractivity contribution in [3.8, 4) is 0 Å². The molecule has 0 radical (unpaired) electrons. The van der Waals surface area contributed by atoms with E-state index in [4.69, 9.17) is 18.0 Å². The zero-order valence-electron chi connectivity index (χ0n) is 8.01. The molecular weight excluding hydrogens is 182 g/mol. The highest BCUT2D eigenvalue weighted by atomic mass is 32.1. The van der Waals surface area contributed by atoms with E-state index in [9.17, 15) is 0 Å². The minimum absolute atomic E-state index is 0.335. The predicted octanol–water partition coefficient (Wildman–Crippen LogP) is 1.44. The van der Waals surface area contributed by atoms with Crippen LogP contribution in [0.5, 0.6) is 0 Å². The van der Waals surface area contributed by atoms with Crippen molar-refractivity contribution < 1.29 is 0 Å².